The van der Waals surface area contributed by atoms with E-state index in [1.807, 2.05) is 0 Å². The van der Waals surface area contributed by atoms with Gasteiger partial charge in [0.25, 0.3) is 0 Å². The number of terminal acetylenes is 1. The average Bonchev–Trinajstić information content (AvgIpc) is 2.04. The molecule has 0 unspecified atom stereocenters. The zero-order valence-corrected chi connectivity index (χ0v) is 5.41. The molecule has 0 aromatic carbocycles. The highest BCUT2D eigenvalue weighted by Crippen LogP contribution is 1.99. The van der Waals surface area contributed by atoms with E-state index in [9.17, 15) is 0 Å². The van der Waals surface area contributed by atoms with Gasteiger partial charge in [-0.25, -0.2) is 4.98 Å². The van der Waals surface area contributed by atoms with Crippen LogP contribution in [-0.2, 0) is 0 Å². The molecule has 0 aliphatic heterocycles. The molecule has 0 spiro atoms. The number of hydrogen-bond donors (Lipinski definition) is 0. The van der Waals surface area contributed by atoms with Gasteiger partial charge in [0, 0.05) is 12.4 Å². The predicted molar refractivity (Wildman–Crippen MR) is 40.1 cm³/mol. The Morgan fingerprint density at radius 3 is 2.70 bits per heavy atom. The van der Waals surface area contributed by atoms with Crippen LogP contribution in [0.5, 0.6) is 0 Å². The Balaban J connectivity index is 3.24. The molecule has 2 heteroatoms. The van der Waals surface area contributed by atoms with Crippen molar-refractivity contribution in [1.29, 1.82) is 0 Å². The van der Waals surface area contributed by atoms with Crippen LogP contribution in [-0.4, -0.2) is 9.97 Å². The molecule has 0 bridgehead atoms. The largest absolute Gasteiger partial charge is 0.252 e. The summed E-state index contributed by atoms with van der Waals surface area (Å²) in [6.45, 7) is 3.54. The highest BCUT2D eigenvalue weighted by atomic mass is 14.8. The number of nitrogens with zero attached hydrogens (tertiary/aromatic N) is 2. The Morgan fingerprint density at radius 2 is 2.20 bits per heavy atom. The fraction of sp³-hybridized carbons (Fsp3) is 0. The van der Waals surface area contributed by atoms with Crippen molar-refractivity contribution < 1.29 is 0 Å². The summed E-state index contributed by atoms with van der Waals surface area (Å²) in [5.74, 6) is 2.40. The quantitative estimate of drug-likeness (QED) is 0.532. The molecule has 10 heavy (non-hydrogen) atoms. The van der Waals surface area contributed by atoms with Crippen molar-refractivity contribution in [3.8, 4) is 12.3 Å². The summed E-state index contributed by atoms with van der Waals surface area (Å²) < 4.78 is 0. The Morgan fingerprint density at radius 1 is 1.50 bits per heavy atom. The van der Waals surface area contributed by atoms with Crippen molar-refractivity contribution in [2.24, 2.45) is 0 Å². The normalized spacial score (nSPS) is 8.30. The van der Waals surface area contributed by atoms with Gasteiger partial charge in [0.15, 0.2) is 0 Å². The Hall–Kier alpha value is -1.62. The number of hydrogen-bond acceptors (Lipinski definition) is 2. The molecule has 0 amide bonds. The van der Waals surface area contributed by atoms with E-state index in [1.54, 1.807) is 18.5 Å². The molecule has 0 saturated heterocycles. The first-order valence-electron chi connectivity index (χ1n) is 2.78. The highest BCUT2D eigenvalue weighted by Gasteiger charge is 1.93. The van der Waals surface area contributed by atoms with E-state index >= 15 is 0 Å². The molecule has 0 aliphatic carbocycles. The molecule has 1 rings (SSSR count). The van der Waals surface area contributed by atoms with Gasteiger partial charge in [-0.15, -0.1) is 6.42 Å². The zero-order valence-electron chi connectivity index (χ0n) is 5.41. The lowest BCUT2D eigenvalue weighted by molar-refractivity contribution is 1.15. The highest BCUT2D eigenvalue weighted by molar-refractivity contribution is 5.49. The summed E-state index contributed by atoms with van der Waals surface area (Å²) in [6, 6.07) is 0. The number of rotatable bonds is 1. The second kappa shape index (κ2) is 2.79. The van der Waals surface area contributed by atoms with Gasteiger partial charge in [-0.3, -0.25) is 4.98 Å². The standard InChI is InChI=1S/C8H6N2/c1-3-7-8(4-2)10-6-5-9-7/h1,4-6H,2H2. The predicted octanol–water partition coefficient (Wildman–Crippen LogP) is 1.10. The molecule has 0 atom stereocenters. The van der Waals surface area contributed by atoms with E-state index in [1.165, 1.54) is 0 Å². The maximum atomic E-state index is 5.13. The number of aromatic nitrogens is 2. The average molecular weight is 130 g/mol. The van der Waals surface area contributed by atoms with Crippen LogP contribution in [0.3, 0.4) is 0 Å². The van der Waals surface area contributed by atoms with Crippen LogP contribution >= 0.6 is 0 Å². The third-order valence-electron chi connectivity index (χ3n) is 1.06. The summed E-state index contributed by atoms with van der Waals surface area (Å²) >= 11 is 0. The molecule has 1 aromatic heterocycles. The topological polar surface area (TPSA) is 25.8 Å². The van der Waals surface area contributed by atoms with Crippen molar-refractivity contribution in [2.45, 2.75) is 0 Å². The van der Waals surface area contributed by atoms with E-state index in [4.69, 9.17) is 6.42 Å². The van der Waals surface area contributed by atoms with E-state index in [2.05, 4.69) is 22.5 Å². The van der Waals surface area contributed by atoms with E-state index in [0.717, 1.165) is 0 Å². The summed E-state index contributed by atoms with van der Waals surface area (Å²) in [5, 5.41) is 0. The molecule has 0 fully saturated rings. The second-order valence-electron chi connectivity index (χ2n) is 1.64. The maximum Gasteiger partial charge on any atom is 0.138 e. The zero-order chi connectivity index (χ0) is 7.40. The van der Waals surface area contributed by atoms with Crippen LogP contribution in [0.15, 0.2) is 19.0 Å². The summed E-state index contributed by atoms with van der Waals surface area (Å²) in [6.07, 6.45) is 9.85. The molecular weight excluding hydrogens is 124 g/mol. The first-order valence-corrected chi connectivity index (χ1v) is 2.78. The van der Waals surface area contributed by atoms with Gasteiger partial charge in [-0.1, -0.05) is 6.58 Å². The third kappa shape index (κ3) is 1.03. The smallest absolute Gasteiger partial charge is 0.138 e. The van der Waals surface area contributed by atoms with Crippen LogP contribution in [0.1, 0.15) is 11.4 Å². The van der Waals surface area contributed by atoms with Crippen molar-refractivity contribution in [3.63, 3.8) is 0 Å². The lowest BCUT2D eigenvalue weighted by Gasteiger charge is -1.92. The monoisotopic (exact) mass is 130 g/mol. The van der Waals surface area contributed by atoms with E-state index in [-0.39, 0.29) is 0 Å². The van der Waals surface area contributed by atoms with Gasteiger partial charge in [-0.05, 0) is 12.0 Å². The molecular formula is C8H6N2. The Bertz CT molecular complexity index is 284. The van der Waals surface area contributed by atoms with E-state index in [0.29, 0.717) is 11.4 Å². The minimum atomic E-state index is 0.539. The Labute approximate surface area is 59.6 Å². The molecule has 0 radical (unpaired) electrons. The van der Waals surface area contributed by atoms with Gasteiger partial charge in [0.05, 0.1) is 5.69 Å². The van der Waals surface area contributed by atoms with E-state index < -0.39 is 0 Å². The summed E-state index contributed by atoms with van der Waals surface area (Å²) in [4.78, 5) is 7.84. The third-order valence-corrected chi connectivity index (χ3v) is 1.06. The minimum Gasteiger partial charge on any atom is -0.252 e. The lowest BCUT2D eigenvalue weighted by Crippen LogP contribution is -1.89. The molecule has 2 nitrogen and oxygen atoms in total. The van der Waals surface area contributed by atoms with Crippen LogP contribution in [0.2, 0.25) is 0 Å². The lowest BCUT2D eigenvalue weighted by atomic mass is 10.3. The Kier molecular flexibility index (Phi) is 1.81. The van der Waals surface area contributed by atoms with Gasteiger partial charge in [0.1, 0.15) is 5.69 Å². The molecule has 0 aliphatic rings. The van der Waals surface area contributed by atoms with Crippen molar-refractivity contribution in [1.82, 2.24) is 9.97 Å². The van der Waals surface area contributed by atoms with Crippen LogP contribution in [0.25, 0.3) is 6.08 Å². The summed E-state index contributed by atoms with van der Waals surface area (Å²) in [5.41, 5.74) is 1.20. The van der Waals surface area contributed by atoms with Crippen LogP contribution in [0, 0.1) is 12.3 Å². The minimum absolute atomic E-state index is 0.539. The van der Waals surface area contributed by atoms with Crippen molar-refractivity contribution in [3.05, 3.63) is 30.4 Å². The molecule has 0 N–H and O–H groups in total. The van der Waals surface area contributed by atoms with Crippen LogP contribution < -0.4 is 0 Å². The molecule has 0 saturated carbocycles. The molecule has 48 valence electrons. The first-order chi connectivity index (χ1) is 4.88. The van der Waals surface area contributed by atoms with Crippen LogP contribution in [0.4, 0.5) is 0 Å². The van der Waals surface area contributed by atoms with Gasteiger partial charge >= 0.3 is 0 Å². The molecule has 1 heterocycles. The van der Waals surface area contributed by atoms with Gasteiger partial charge in [0.2, 0.25) is 0 Å². The fourth-order valence-electron chi connectivity index (χ4n) is 0.609. The van der Waals surface area contributed by atoms with Gasteiger partial charge < -0.3 is 0 Å². The fourth-order valence-corrected chi connectivity index (χ4v) is 0.609. The second-order valence-corrected chi connectivity index (χ2v) is 1.64. The van der Waals surface area contributed by atoms with Crippen molar-refractivity contribution in [2.75, 3.05) is 0 Å². The summed E-state index contributed by atoms with van der Waals surface area (Å²) in [7, 11) is 0. The van der Waals surface area contributed by atoms with Gasteiger partial charge in [-0.2, -0.15) is 0 Å². The maximum absolute atomic E-state index is 5.13. The molecule has 1 aromatic rings. The van der Waals surface area contributed by atoms with Crippen molar-refractivity contribution >= 4 is 6.08 Å². The first kappa shape index (κ1) is 6.50. The SMILES string of the molecule is C#Cc1nccnc1C=C.